The van der Waals surface area contributed by atoms with Gasteiger partial charge in [-0.3, -0.25) is 0 Å². The number of halogens is 1. The Balaban J connectivity index is 3.03. The minimum atomic E-state index is 0.535. The lowest BCUT2D eigenvalue weighted by Crippen LogP contribution is -2.15. The summed E-state index contributed by atoms with van der Waals surface area (Å²) in [7, 11) is 0. The molecule has 0 spiro atoms. The normalized spacial score (nSPS) is 11.6. The maximum Gasteiger partial charge on any atom is 0.0701 e. The Bertz CT molecular complexity index is 492. The standard InChI is InChI=1S/C36H73IO10/c1-2-3-4-5-6-7-8-9-11-14-17-38-19-21-40-23-25-42-27-29-44-31-33-46-35-36-47-34-32-45-30-28-43-26-24-41-22-20-39-18-15-12-10-13-16-37/h2-36H2,1H3. The highest BCUT2D eigenvalue weighted by Gasteiger charge is 1.97. The number of ether oxygens (including phenoxy) is 10. The van der Waals surface area contributed by atoms with Crippen LogP contribution < -0.4 is 0 Å². The summed E-state index contributed by atoms with van der Waals surface area (Å²) in [6, 6.07) is 0. The van der Waals surface area contributed by atoms with Gasteiger partial charge in [-0.1, -0.05) is 100 Å². The highest BCUT2D eigenvalue weighted by Crippen LogP contribution is 2.10. The van der Waals surface area contributed by atoms with E-state index in [1.54, 1.807) is 0 Å². The van der Waals surface area contributed by atoms with Gasteiger partial charge >= 0.3 is 0 Å². The van der Waals surface area contributed by atoms with Crippen LogP contribution in [0.3, 0.4) is 0 Å². The Morgan fingerprint density at radius 1 is 0.234 bits per heavy atom. The van der Waals surface area contributed by atoms with Gasteiger partial charge in [-0.15, -0.1) is 0 Å². The second-order valence-corrected chi connectivity index (χ2v) is 12.5. The van der Waals surface area contributed by atoms with E-state index in [0.717, 1.165) is 26.1 Å². The largest absolute Gasteiger partial charge is 0.379 e. The molecule has 0 aromatic rings. The fourth-order valence-corrected chi connectivity index (χ4v) is 4.96. The fourth-order valence-electron chi connectivity index (χ4n) is 4.43. The molecule has 0 saturated carbocycles. The molecule has 0 rings (SSSR count). The van der Waals surface area contributed by atoms with E-state index in [-0.39, 0.29) is 0 Å². The Hall–Kier alpha value is 0.330. The van der Waals surface area contributed by atoms with E-state index < -0.39 is 0 Å². The average molecular weight is 793 g/mol. The lowest BCUT2D eigenvalue weighted by Gasteiger charge is -2.09. The summed E-state index contributed by atoms with van der Waals surface area (Å²) in [5.41, 5.74) is 0. The van der Waals surface area contributed by atoms with Crippen LogP contribution >= 0.6 is 22.6 Å². The van der Waals surface area contributed by atoms with Gasteiger partial charge in [0.1, 0.15) is 0 Å². The van der Waals surface area contributed by atoms with Gasteiger partial charge in [0.25, 0.3) is 0 Å². The minimum Gasteiger partial charge on any atom is -0.379 e. The predicted molar refractivity (Wildman–Crippen MR) is 197 cm³/mol. The van der Waals surface area contributed by atoms with Gasteiger partial charge < -0.3 is 47.4 Å². The maximum atomic E-state index is 5.65. The molecular weight excluding hydrogens is 719 g/mol. The summed E-state index contributed by atoms with van der Waals surface area (Å²) in [4.78, 5) is 0. The molecular formula is C36H73IO10. The van der Waals surface area contributed by atoms with E-state index in [2.05, 4.69) is 29.5 Å². The smallest absolute Gasteiger partial charge is 0.0701 e. The first-order valence-corrected chi connectivity index (χ1v) is 20.3. The van der Waals surface area contributed by atoms with Crippen molar-refractivity contribution in [2.75, 3.05) is 137 Å². The first kappa shape index (κ1) is 47.3. The first-order valence-electron chi connectivity index (χ1n) is 18.7. The second kappa shape index (κ2) is 46.3. The summed E-state index contributed by atoms with van der Waals surface area (Å²) in [5.74, 6) is 0. The molecule has 0 saturated heterocycles. The molecule has 0 bridgehead atoms. The molecule has 0 amide bonds. The third-order valence-electron chi connectivity index (χ3n) is 7.16. The molecule has 10 nitrogen and oxygen atoms in total. The van der Waals surface area contributed by atoms with Crippen LogP contribution in [0.5, 0.6) is 0 Å². The molecule has 0 N–H and O–H groups in total. The molecule has 284 valence electrons. The van der Waals surface area contributed by atoms with Crippen molar-refractivity contribution in [1.29, 1.82) is 0 Å². The Labute approximate surface area is 302 Å². The summed E-state index contributed by atoms with van der Waals surface area (Å²) in [6.45, 7) is 14.2. The van der Waals surface area contributed by atoms with Gasteiger partial charge in [-0.05, 0) is 23.7 Å². The number of hydrogen-bond acceptors (Lipinski definition) is 10. The van der Waals surface area contributed by atoms with Crippen LogP contribution in [0, 0.1) is 0 Å². The van der Waals surface area contributed by atoms with Crippen LogP contribution in [0.15, 0.2) is 0 Å². The summed E-state index contributed by atoms with van der Waals surface area (Å²) in [6.07, 6.45) is 18.4. The summed E-state index contributed by atoms with van der Waals surface area (Å²) in [5, 5.41) is 0. The molecule has 0 heterocycles. The van der Waals surface area contributed by atoms with Crippen molar-refractivity contribution in [3.05, 3.63) is 0 Å². The van der Waals surface area contributed by atoms with Crippen molar-refractivity contribution < 1.29 is 47.4 Å². The quantitative estimate of drug-likeness (QED) is 0.0363. The van der Waals surface area contributed by atoms with Crippen LogP contribution in [0.1, 0.15) is 96.8 Å². The fraction of sp³-hybridized carbons (Fsp3) is 1.00. The summed E-state index contributed by atoms with van der Waals surface area (Å²) >= 11 is 2.42. The molecule has 0 aromatic heterocycles. The molecule has 0 atom stereocenters. The molecule has 0 fully saturated rings. The van der Waals surface area contributed by atoms with E-state index in [4.69, 9.17) is 47.4 Å². The van der Waals surface area contributed by atoms with Crippen LogP contribution in [0.25, 0.3) is 0 Å². The molecule has 0 aromatic carbocycles. The average Bonchev–Trinajstić information content (AvgIpc) is 3.08. The van der Waals surface area contributed by atoms with Gasteiger partial charge in [-0.25, -0.2) is 0 Å². The van der Waals surface area contributed by atoms with E-state index in [1.165, 1.54) is 81.5 Å². The zero-order valence-corrected chi connectivity index (χ0v) is 32.4. The third kappa shape index (κ3) is 46.3. The predicted octanol–water partition coefficient (Wildman–Crippen LogP) is 7.07. The van der Waals surface area contributed by atoms with Crippen molar-refractivity contribution in [2.24, 2.45) is 0 Å². The van der Waals surface area contributed by atoms with Crippen LogP contribution in [0.2, 0.25) is 0 Å². The second-order valence-electron chi connectivity index (χ2n) is 11.4. The van der Waals surface area contributed by atoms with Crippen LogP contribution in [0.4, 0.5) is 0 Å². The van der Waals surface area contributed by atoms with Crippen LogP contribution in [-0.2, 0) is 47.4 Å². The zero-order chi connectivity index (χ0) is 33.8. The SMILES string of the molecule is CCCCCCCCCCCCOCCOCCOCCOCCOCCOCCOCCOCCOCCOCCCCCCI. The number of alkyl halides is 1. The number of rotatable bonds is 44. The number of hydrogen-bond donors (Lipinski definition) is 0. The molecule has 0 aliphatic carbocycles. The molecule has 0 aliphatic heterocycles. The molecule has 0 aliphatic rings. The van der Waals surface area contributed by atoms with Crippen molar-refractivity contribution in [3.8, 4) is 0 Å². The molecule has 47 heavy (non-hydrogen) atoms. The molecule has 0 unspecified atom stereocenters. The lowest BCUT2D eigenvalue weighted by atomic mass is 10.1. The van der Waals surface area contributed by atoms with Gasteiger partial charge in [0.05, 0.1) is 119 Å². The van der Waals surface area contributed by atoms with Crippen molar-refractivity contribution >= 4 is 22.6 Å². The maximum absolute atomic E-state index is 5.65. The Morgan fingerprint density at radius 3 is 0.660 bits per heavy atom. The van der Waals surface area contributed by atoms with Crippen molar-refractivity contribution in [3.63, 3.8) is 0 Å². The number of unbranched alkanes of at least 4 members (excludes halogenated alkanes) is 12. The first-order chi connectivity index (χ1) is 23.4. The van der Waals surface area contributed by atoms with Crippen LogP contribution in [-0.4, -0.2) is 137 Å². The Morgan fingerprint density at radius 2 is 0.426 bits per heavy atom. The minimum absolute atomic E-state index is 0.535. The van der Waals surface area contributed by atoms with Gasteiger partial charge in [0.2, 0.25) is 0 Å². The van der Waals surface area contributed by atoms with Crippen molar-refractivity contribution in [1.82, 2.24) is 0 Å². The molecule has 0 radical (unpaired) electrons. The van der Waals surface area contributed by atoms with E-state index in [0.29, 0.717) is 119 Å². The summed E-state index contributed by atoms with van der Waals surface area (Å²) < 4.78 is 56.6. The van der Waals surface area contributed by atoms with E-state index in [9.17, 15) is 0 Å². The third-order valence-corrected chi connectivity index (χ3v) is 7.93. The lowest BCUT2D eigenvalue weighted by molar-refractivity contribution is -0.0264. The van der Waals surface area contributed by atoms with E-state index >= 15 is 0 Å². The monoisotopic (exact) mass is 792 g/mol. The topological polar surface area (TPSA) is 92.3 Å². The van der Waals surface area contributed by atoms with Crippen molar-refractivity contribution in [2.45, 2.75) is 96.8 Å². The highest BCUT2D eigenvalue weighted by molar-refractivity contribution is 14.1. The highest BCUT2D eigenvalue weighted by atomic mass is 127. The van der Waals surface area contributed by atoms with Gasteiger partial charge in [0, 0.05) is 13.2 Å². The molecule has 11 heteroatoms. The zero-order valence-electron chi connectivity index (χ0n) is 30.2. The van der Waals surface area contributed by atoms with E-state index in [1.807, 2.05) is 0 Å². The Kier molecular flexibility index (Phi) is 46.7. The van der Waals surface area contributed by atoms with Gasteiger partial charge in [0.15, 0.2) is 0 Å². The van der Waals surface area contributed by atoms with Gasteiger partial charge in [-0.2, -0.15) is 0 Å².